The number of aromatic nitrogens is 1. The second-order valence-electron chi connectivity index (χ2n) is 5.08. The topological polar surface area (TPSA) is 62.7 Å². The molecule has 1 aromatic heterocycles. The maximum atomic E-state index is 12.1. The number of carbonyl (C=O) groups excluding carboxylic acids is 1. The molecule has 5 nitrogen and oxygen atoms in total. The van der Waals surface area contributed by atoms with Gasteiger partial charge in [0.05, 0.1) is 12.0 Å². The Labute approximate surface area is 113 Å². The van der Waals surface area contributed by atoms with Crippen LogP contribution in [-0.4, -0.2) is 53.3 Å². The van der Waals surface area contributed by atoms with Gasteiger partial charge in [0.2, 0.25) is 5.91 Å². The molecule has 0 aromatic carbocycles. The molecule has 1 aliphatic rings. The van der Waals surface area contributed by atoms with E-state index in [0.29, 0.717) is 32.6 Å². The number of likely N-dealkylation sites (N-methyl/N-ethyl adjacent to an activating group) is 1. The summed E-state index contributed by atoms with van der Waals surface area (Å²) in [7, 11) is 1.72. The molecule has 1 N–H and O–H groups in total. The van der Waals surface area contributed by atoms with Crippen LogP contribution in [0.1, 0.15) is 18.5 Å². The Balaban J connectivity index is 1.88. The van der Waals surface area contributed by atoms with Crippen molar-refractivity contribution in [2.24, 2.45) is 0 Å². The highest BCUT2D eigenvalue weighted by Crippen LogP contribution is 2.21. The quantitative estimate of drug-likeness (QED) is 0.866. The molecule has 0 unspecified atom stereocenters. The highest BCUT2D eigenvalue weighted by atomic mass is 16.5. The van der Waals surface area contributed by atoms with E-state index in [9.17, 15) is 9.90 Å². The fourth-order valence-corrected chi connectivity index (χ4v) is 2.23. The van der Waals surface area contributed by atoms with Gasteiger partial charge in [-0.25, -0.2) is 0 Å². The summed E-state index contributed by atoms with van der Waals surface area (Å²) < 4.78 is 5.23. The van der Waals surface area contributed by atoms with Gasteiger partial charge in [-0.3, -0.25) is 9.78 Å². The molecule has 0 atom stereocenters. The molecule has 1 fully saturated rings. The lowest BCUT2D eigenvalue weighted by Gasteiger charge is -2.35. The number of aliphatic hydroxyl groups is 1. The van der Waals surface area contributed by atoms with E-state index in [1.54, 1.807) is 18.1 Å². The predicted molar refractivity (Wildman–Crippen MR) is 70.6 cm³/mol. The Morgan fingerprint density at radius 3 is 2.84 bits per heavy atom. The van der Waals surface area contributed by atoms with Gasteiger partial charge in [-0.05, 0) is 12.1 Å². The molecule has 1 amide bonds. The molecule has 104 valence electrons. The van der Waals surface area contributed by atoms with E-state index in [2.05, 4.69) is 4.98 Å². The lowest BCUT2D eigenvalue weighted by molar-refractivity contribution is -0.136. The zero-order chi connectivity index (χ0) is 13.7. The first-order chi connectivity index (χ1) is 9.09. The van der Waals surface area contributed by atoms with Gasteiger partial charge in [0, 0.05) is 51.5 Å². The summed E-state index contributed by atoms with van der Waals surface area (Å²) in [5.74, 6) is -0.0291. The summed E-state index contributed by atoms with van der Waals surface area (Å²) in [6, 6.07) is 5.51. The van der Waals surface area contributed by atoms with E-state index in [4.69, 9.17) is 4.74 Å². The second kappa shape index (κ2) is 6.12. The average molecular weight is 264 g/mol. The predicted octanol–water partition coefficient (Wildman–Crippen LogP) is 0.624. The minimum absolute atomic E-state index is 0.0291. The van der Waals surface area contributed by atoms with Gasteiger partial charge in [-0.15, -0.1) is 0 Å². The number of hydrogen-bond acceptors (Lipinski definition) is 4. The summed E-state index contributed by atoms with van der Waals surface area (Å²) in [6.45, 7) is 1.46. The third-order valence-corrected chi connectivity index (χ3v) is 3.44. The molecular weight excluding hydrogens is 244 g/mol. The smallest absolute Gasteiger partial charge is 0.228 e. The molecule has 0 saturated carbocycles. The van der Waals surface area contributed by atoms with Crippen LogP contribution in [0.25, 0.3) is 0 Å². The van der Waals surface area contributed by atoms with Crippen molar-refractivity contribution in [1.29, 1.82) is 0 Å². The van der Waals surface area contributed by atoms with Gasteiger partial charge in [0.25, 0.3) is 0 Å². The van der Waals surface area contributed by atoms with Gasteiger partial charge < -0.3 is 14.7 Å². The van der Waals surface area contributed by atoms with Gasteiger partial charge in [-0.2, -0.15) is 0 Å². The molecule has 5 heteroatoms. The summed E-state index contributed by atoms with van der Waals surface area (Å²) in [5.41, 5.74) is -0.0643. The molecule has 1 aromatic rings. The molecule has 0 spiro atoms. The van der Waals surface area contributed by atoms with E-state index in [-0.39, 0.29) is 12.3 Å². The van der Waals surface area contributed by atoms with Gasteiger partial charge in [0.15, 0.2) is 0 Å². The maximum Gasteiger partial charge on any atom is 0.228 e. The maximum absolute atomic E-state index is 12.1. The van der Waals surface area contributed by atoms with Crippen LogP contribution in [-0.2, 0) is 16.0 Å². The van der Waals surface area contributed by atoms with Crippen LogP contribution < -0.4 is 0 Å². The van der Waals surface area contributed by atoms with Crippen molar-refractivity contribution >= 4 is 5.91 Å². The highest BCUT2D eigenvalue weighted by Gasteiger charge is 2.32. The molecule has 1 aliphatic heterocycles. The van der Waals surface area contributed by atoms with E-state index >= 15 is 0 Å². The zero-order valence-electron chi connectivity index (χ0n) is 11.2. The molecule has 0 radical (unpaired) electrons. The fraction of sp³-hybridized carbons (Fsp3) is 0.571. The number of hydrogen-bond donors (Lipinski definition) is 1. The fourth-order valence-electron chi connectivity index (χ4n) is 2.23. The van der Waals surface area contributed by atoms with Crippen molar-refractivity contribution in [2.75, 3.05) is 26.8 Å². The van der Waals surface area contributed by atoms with Crippen molar-refractivity contribution in [3.8, 4) is 0 Å². The average Bonchev–Trinajstić information content (AvgIpc) is 2.40. The molecule has 0 bridgehead atoms. The van der Waals surface area contributed by atoms with Crippen LogP contribution >= 0.6 is 0 Å². The van der Waals surface area contributed by atoms with Gasteiger partial charge in [-0.1, -0.05) is 6.07 Å². The first-order valence-corrected chi connectivity index (χ1v) is 6.53. The first-order valence-electron chi connectivity index (χ1n) is 6.53. The lowest BCUT2D eigenvalue weighted by atomic mass is 9.94. The van der Waals surface area contributed by atoms with Crippen LogP contribution in [0, 0.1) is 0 Å². The molecular formula is C14H20N2O3. The Kier molecular flexibility index (Phi) is 4.50. The third-order valence-electron chi connectivity index (χ3n) is 3.44. The van der Waals surface area contributed by atoms with Crippen LogP contribution in [0.2, 0.25) is 0 Å². The van der Waals surface area contributed by atoms with Crippen LogP contribution in [0.5, 0.6) is 0 Å². The number of ether oxygens (including phenoxy) is 1. The summed E-state index contributed by atoms with van der Waals surface area (Å²) in [4.78, 5) is 17.8. The molecule has 2 heterocycles. The monoisotopic (exact) mass is 264 g/mol. The van der Waals surface area contributed by atoms with Crippen molar-refractivity contribution < 1.29 is 14.6 Å². The molecule has 0 aliphatic carbocycles. The van der Waals surface area contributed by atoms with Crippen molar-refractivity contribution in [3.63, 3.8) is 0 Å². The number of rotatable bonds is 4. The largest absolute Gasteiger partial charge is 0.388 e. The van der Waals surface area contributed by atoms with E-state index < -0.39 is 5.60 Å². The third kappa shape index (κ3) is 4.01. The standard InChI is InChI=1S/C14H20N2O3/c1-16(11-14(18)5-8-19-9-6-14)13(17)10-12-4-2-3-7-15-12/h2-4,7,18H,5-6,8-11H2,1H3. The number of pyridine rings is 1. The first kappa shape index (κ1) is 14.0. The van der Waals surface area contributed by atoms with Crippen molar-refractivity contribution in [2.45, 2.75) is 24.9 Å². The Morgan fingerprint density at radius 1 is 1.47 bits per heavy atom. The molecule has 1 saturated heterocycles. The highest BCUT2D eigenvalue weighted by molar-refractivity contribution is 5.78. The van der Waals surface area contributed by atoms with Crippen molar-refractivity contribution in [3.05, 3.63) is 30.1 Å². The van der Waals surface area contributed by atoms with Crippen LogP contribution in [0.3, 0.4) is 0 Å². The lowest BCUT2D eigenvalue weighted by Crippen LogP contribution is -2.47. The van der Waals surface area contributed by atoms with Gasteiger partial charge in [0.1, 0.15) is 0 Å². The zero-order valence-corrected chi connectivity index (χ0v) is 11.2. The Morgan fingerprint density at radius 2 is 2.21 bits per heavy atom. The summed E-state index contributed by atoms with van der Waals surface area (Å²) in [5, 5.41) is 10.4. The molecule has 2 rings (SSSR count). The van der Waals surface area contributed by atoms with Crippen LogP contribution in [0.4, 0.5) is 0 Å². The SMILES string of the molecule is CN(CC1(O)CCOCC1)C(=O)Cc1ccccn1. The normalized spacial score (nSPS) is 18.0. The van der Waals surface area contributed by atoms with Crippen LogP contribution in [0.15, 0.2) is 24.4 Å². The molecule has 19 heavy (non-hydrogen) atoms. The number of carbonyl (C=O) groups is 1. The van der Waals surface area contributed by atoms with E-state index in [1.165, 1.54) is 0 Å². The van der Waals surface area contributed by atoms with Gasteiger partial charge >= 0.3 is 0 Å². The van der Waals surface area contributed by atoms with Crippen molar-refractivity contribution in [1.82, 2.24) is 9.88 Å². The Bertz CT molecular complexity index is 416. The Hall–Kier alpha value is -1.46. The second-order valence-corrected chi connectivity index (χ2v) is 5.08. The summed E-state index contributed by atoms with van der Waals surface area (Å²) in [6.07, 6.45) is 3.10. The summed E-state index contributed by atoms with van der Waals surface area (Å²) >= 11 is 0. The van der Waals surface area contributed by atoms with E-state index in [0.717, 1.165) is 5.69 Å². The minimum atomic E-state index is -0.813. The van der Waals surface area contributed by atoms with E-state index in [1.807, 2.05) is 18.2 Å². The minimum Gasteiger partial charge on any atom is -0.388 e. The number of amides is 1. The number of nitrogens with zero attached hydrogens (tertiary/aromatic N) is 2.